The molecule has 1 rings (SSSR count). The van der Waals surface area contributed by atoms with Gasteiger partial charge in [-0.25, -0.2) is 9.59 Å². The zero-order chi connectivity index (χ0) is 15.7. The van der Waals surface area contributed by atoms with Gasteiger partial charge in [-0.2, -0.15) is 0 Å². The Morgan fingerprint density at radius 3 is 2.76 bits per heavy atom. The van der Waals surface area contributed by atoms with Crippen LogP contribution in [0, 0.1) is 0 Å². The van der Waals surface area contributed by atoms with Crippen molar-refractivity contribution in [1.29, 1.82) is 0 Å². The molecular weight excluding hydrogens is 268 g/mol. The fraction of sp³-hybridized carbons (Fsp3) is 0.500. The molecule has 0 saturated carbocycles. The van der Waals surface area contributed by atoms with Crippen LogP contribution in [0.25, 0.3) is 0 Å². The molecule has 1 atom stereocenters. The maximum Gasteiger partial charge on any atom is 0.335 e. The minimum atomic E-state index is -0.938. The Labute approximate surface area is 125 Å². The van der Waals surface area contributed by atoms with Crippen molar-refractivity contribution < 1.29 is 14.7 Å². The molecule has 0 spiro atoms. The highest BCUT2D eigenvalue weighted by Crippen LogP contribution is 2.05. The molecule has 2 amide bonds. The molecule has 0 aliphatic heterocycles. The number of amides is 2. The van der Waals surface area contributed by atoms with E-state index in [-0.39, 0.29) is 17.6 Å². The second kappa shape index (κ2) is 9.00. The minimum absolute atomic E-state index is 0.167. The van der Waals surface area contributed by atoms with Crippen LogP contribution in [0.2, 0.25) is 0 Å². The van der Waals surface area contributed by atoms with Gasteiger partial charge < -0.3 is 15.7 Å². The molecule has 0 aliphatic rings. The van der Waals surface area contributed by atoms with Gasteiger partial charge in [-0.15, -0.1) is 0 Å². The van der Waals surface area contributed by atoms with Crippen molar-refractivity contribution in [2.45, 2.75) is 45.6 Å². The monoisotopic (exact) mass is 292 g/mol. The molecule has 1 unspecified atom stereocenters. The average molecular weight is 292 g/mol. The number of nitrogens with one attached hydrogen (secondary N) is 2. The van der Waals surface area contributed by atoms with Crippen LogP contribution in [0.3, 0.4) is 0 Å². The van der Waals surface area contributed by atoms with E-state index in [0.717, 1.165) is 24.8 Å². The minimum Gasteiger partial charge on any atom is -0.478 e. The summed E-state index contributed by atoms with van der Waals surface area (Å²) in [5.74, 6) is -0.938. The van der Waals surface area contributed by atoms with Gasteiger partial charge >= 0.3 is 12.0 Å². The molecule has 1 aromatic rings. The van der Waals surface area contributed by atoms with E-state index in [4.69, 9.17) is 5.11 Å². The predicted octanol–water partition coefficient (Wildman–Crippen LogP) is 2.81. The largest absolute Gasteiger partial charge is 0.478 e. The van der Waals surface area contributed by atoms with E-state index in [1.54, 1.807) is 18.2 Å². The molecule has 3 N–H and O–H groups in total. The van der Waals surface area contributed by atoms with E-state index in [1.165, 1.54) is 0 Å². The van der Waals surface area contributed by atoms with E-state index in [9.17, 15) is 9.59 Å². The van der Waals surface area contributed by atoms with Crippen LogP contribution in [0.4, 0.5) is 4.79 Å². The first-order valence-electron chi connectivity index (χ1n) is 7.39. The van der Waals surface area contributed by atoms with E-state index in [1.807, 2.05) is 13.0 Å². The van der Waals surface area contributed by atoms with Crippen LogP contribution in [-0.2, 0) is 6.42 Å². The van der Waals surface area contributed by atoms with Crippen molar-refractivity contribution in [2.24, 2.45) is 0 Å². The summed E-state index contributed by atoms with van der Waals surface area (Å²) in [4.78, 5) is 22.5. The van der Waals surface area contributed by atoms with Crippen LogP contribution in [0.5, 0.6) is 0 Å². The van der Waals surface area contributed by atoms with Crippen LogP contribution >= 0.6 is 0 Å². The third-order valence-electron chi connectivity index (χ3n) is 3.24. The SMILES string of the molecule is CCCCC(C)NC(=O)NCCc1cccc(C(=O)O)c1. The van der Waals surface area contributed by atoms with Crippen LogP contribution in [-0.4, -0.2) is 29.7 Å². The van der Waals surface area contributed by atoms with Crippen LogP contribution < -0.4 is 10.6 Å². The highest BCUT2D eigenvalue weighted by atomic mass is 16.4. The lowest BCUT2D eigenvalue weighted by Gasteiger charge is -2.14. The van der Waals surface area contributed by atoms with Gasteiger partial charge in [-0.1, -0.05) is 31.9 Å². The number of urea groups is 1. The summed E-state index contributed by atoms with van der Waals surface area (Å²) < 4.78 is 0. The number of carbonyl (C=O) groups is 2. The number of hydrogen-bond donors (Lipinski definition) is 3. The number of carboxylic acid groups (broad SMARTS) is 1. The standard InChI is InChI=1S/C16H24N2O3/c1-3-4-6-12(2)18-16(21)17-10-9-13-7-5-8-14(11-13)15(19)20/h5,7-8,11-12H,3-4,6,9-10H2,1-2H3,(H,19,20)(H2,17,18,21). The zero-order valence-corrected chi connectivity index (χ0v) is 12.7. The Kier molecular flexibility index (Phi) is 7.29. The molecule has 0 fully saturated rings. The normalized spacial score (nSPS) is 11.7. The number of rotatable bonds is 8. The first-order valence-corrected chi connectivity index (χ1v) is 7.39. The molecule has 21 heavy (non-hydrogen) atoms. The van der Waals surface area contributed by atoms with Crippen molar-refractivity contribution in [3.05, 3.63) is 35.4 Å². The van der Waals surface area contributed by atoms with Crippen LogP contribution in [0.1, 0.15) is 49.0 Å². The lowest BCUT2D eigenvalue weighted by molar-refractivity contribution is 0.0696. The Hall–Kier alpha value is -2.04. The topological polar surface area (TPSA) is 78.4 Å². The maximum atomic E-state index is 11.7. The lowest BCUT2D eigenvalue weighted by Crippen LogP contribution is -2.41. The Morgan fingerprint density at radius 2 is 2.10 bits per heavy atom. The van der Waals surface area contributed by atoms with E-state index < -0.39 is 5.97 Å². The summed E-state index contributed by atoms with van der Waals surface area (Å²) in [5.41, 5.74) is 1.17. The van der Waals surface area contributed by atoms with Gasteiger partial charge in [0.15, 0.2) is 0 Å². The number of benzene rings is 1. The summed E-state index contributed by atoms with van der Waals surface area (Å²) in [6.45, 7) is 4.60. The summed E-state index contributed by atoms with van der Waals surface area (Å²) >= 11 is 0. The van der Waals surface area contributed by atoms with Crippen molar-refractivity contribution >= 4 is 12.0 Å². The first kappa shape index (κ1) is 17.0. The molecule has 0 aliphatic carbocycles. The highest BCUT2D eigenvalue weighted by molar-refractivity contribution is 5.87. The second-order valence-electron chi connectivity index (χ2n) is 5.20. The molecule has 0 bridgehead atoms. The van der Waals surface area contributed by atoms with Crippen molar-refractivity contribution in [2.75, 3.05) is 6.54 Å². The van der Waals surface area contributed by atoms with Gasteiger partial charge in [-0.3, -0.25) is 0 Å². The van der Waals surface area contributed by atoms with E-state index in [2.05, 4.69) is 17.6 Å². The zero-order valence-electron chi connectivity index (χ0n) is 12.7. The molecule has 1 aromatic carbocycles. The van der Waals surface area contributed by atoms with Gasteiger partial charge in [0.25, 0.3) is 0 Å². The van der Waals surface area contributed by atoms with E-state index >= 15 is 0 Å². The fourth-order valence-corrected chi connectivity index (χ4v) is 2.04. The summed E-state index contributed by atoms with van der Waals surface area (Å²) in [5, 5.41) is 14.6. The number of carboxylic acids is 1. The first-order chi connectivity index (χ1) is 10.0. The number of hydrogen-bond acceptors (Lipinski definition) is 2. The summed E-state index contributed by atoms with van der Waals surface area (Å²) in [6.07, 6.45) is 3.81. The number of carbonyl (C=O) groups excluding carboxylic acids is 1. The Morgan fingerprint density at radius 1 is 1.33 bits per heavy atom. The summed E-state index contributed by atoms with van der Waals surface area (Å²) in [7, 11) is 0. The molecule has 0 saturated heterocycles. The lowest BCUT2D eigenvalue weighted by atomic mass is 10.1. The van der Waals surface area contributed by atoms with E-state index in [0.29, 0.717) is 13.0 Å². The van der Waals surface area contributed by atoms with Gasteiger partial charge in [0.05, 0.1) is 5.56 Å². The van der Waals surface area contributed by atoms with Gasteiger partial charge in [0.2, 0.25) is 0 Å². The number of aromatic carboxylic acids is 1. The Balaban J connectivity index is 2.31. The Bertz CT molecular complexity index is 474. The molecule has 0 radical (unpaired) electrons. The molecule has 116 valence electrons. The second-order valence-corrected chi connectivity index (χ2v) is 5.20. The van der Waals surface area contributed by atoms with Gasteiger partial charge in [-0.05, 0) is 37.5 Å². The quantitative estimate of drug-likeness (QED) is 0.689. The molecule has 0 heterocycles. The third-order valence-corrected chi connectivity index (χ3v) is 3.24. The molecule has 5 nitrogen and oxygen atoms in total. The van der Waals surface area contributed by atoms with Crippen molar-refractivity contribution in [1.82, 2.24) is 10.6 Å². The van der Waals surface area contributed by atoms with Crippen LogP contribution in [0.15, 0.2) is 24.3 Å². The maximum absolute atomic E-state index is 11.7. The molecular formula is C16H24N2O3. The molecule has 5 heteroatoms. The number of unbranched alkanes of at least 4 members (excludes halogenated alkanes) is 1. The van der Waals surface area contributed by atoms with Crippen molar-refractivity contribution in [3.63, 3.8) is 0 Å². The van der Waals surface area contributed by atoms with Crippen molar-refractivity contribution in [3.8, 4) is 0 Å². The average Bonchev–Trinajstić information content (AvgIpc) is 2.45. The third kappa shape index (κ3) is 6.79. The van der Waals surface area contributed by atoms with Gasteiger partial charge in [0.1, 0.15) is 0 Å². The molecule has 0 aromatic heterocycles. The smallest absolute Gasteiger partial charge is 0.335 e. The summed E-state index contributed by atoms with van der Waals surface area (Å²) in [6, 6.07) is 6.75. The highest BCUT2D eigenvalue weighted by Gasteiger charge is 2.06. The fourth-order valence-electron chi connectivity index (χ4n) is 2.04. The van der Waals surface area contributed by atoms with Gasteiger partial charge in [0, 0.05) is 12.6 Å². The predicted molar refractivity (Wildman–Crippen MR) is 82.6 cm³/mol.